The second-order valence-electron chi connectivity index (χ2n) is 9.70. The number of nitriles is 2. The topological polar surface area (TPSA) is 112 Å². The summed E-state index contributed by atoms with van der Waals surface area (Å²) in [6.45, 7) is 4.87. The molecule has 7 rings (SSSR count). The van der Waals surface area contributed by atoms with E-state index in [1.165, 1.54) is 6.08 Å². The molecule has 2 aromatic heterocycles. The molecule has 4 aliphatic rings. The highest BCUT2D eigenvalue weighted by atomic mass is 16.5. The standard InChI is InChI=1S/C25H23N7O/c1-15-9-17(5-3-7-26)10-16(2)20(15)33-22-19-18-6-4-8-32(18)31-21(19)28-23(29-22)30-25-11-24(12-25,13-25)14-27/h3,5,9-10H,4,6,8,11-13H2,1-2H3,(H,28,30,31)/b5-3+. The minimum atomic E-state index is -0.151. The Morgan fingerprint density at radius 2 is 1.91 bits per heavy atom. The summed E-state index contributed by atoms with van der Waals surface area (Å²) in [4.78, 5) is 9.52. The Labute approximate surface area is 191 Å². The lowest BCUT2D eigenvalue weighted by molar-refractivity contribution is -0.0665. The molecule has 2 bridgehead atoms. The van der Waals surface area contributed by atoms with Gasteiger partial charge in [0.05, 0.1) is 23.2 Å². The number of anilines is 1. The van der Waals surface area contributed by atoms with Crippen molar-refractivity contribution in [3.63, 3.8) is 0 Å². The summed E-state index contributed by atoms with van der Waals surface area (Å²) >= 11 is 0. The zero-order valence-corrected chi connectivity index (χ0v) is 18.6. The minimum Gasteiger partial charge on any atom is -0.437 e. The number of benzene rings is 1. The number of ether oxygens (including phenoxy) is 1. The van der Waals surface area contributed by atoms with Gasteiger partial charge in [0.2, 0.25) is 11.8 Å². The number of allylic oxidation sites excluding steroid dienone is 1. The van der Waals surface area contributed by atoms with E-state index in [4.69, 9.17) is 25.1 Å². The molecule has 0 unspecified atom stereocenters. The minimum absolute atomic E-state index is 0.0797. The monoisotopic (exact) mass is 437 g/mol. The molecular formula is C25H23N7O. The number of hydrogen-bond acceptors (Lipinski definition) is 7. The summed E-state index contributed by atoms with van der Waals surface area (Å²) in [7, 11) is 0. The molecule has 0 radical (unpaired) electrons. The van der Waals surface area contributed by atoms with Gasteiger partial charge in [-0.2, -0.15) is 25.6 Å². The highest BCUT2D eigenvalue weighted by Crippen LogP contribution is 2.67. The van der Waals surface area contributed by atoms with Crippen molar-refractivity contribution in [2.45, 2.75) is 58.0 Å². The Balaban J connectivity index is 1.39. The summed E-state index contributed by atoms with van der Waals surface area (Å²) in [6, 6.07) is 8.47. The normalized spacial score (nSPS) is 24.6. The van der Waals surface area contributed by atoms with Crippen LogP contribution < -0.4 is 10.1 Å². The molecule has 3 aromatic rings. The van der Waals surface area contributed by atoms with E-state index in [0.717, 1.165) is 72.2 Å². The second-order valence-corrected chi connectivity index (χ2v) is 9.70. The lowest BCUT2D eigenvalue weighted by atomic mass is 9.40. The number of aryl methyl sites for hydroxylation is 4. The zero-order valence-electron chi connectivity index (χ0n) is 18.6. The fourth-order valence-electron chi connectivity index (χ4n) is 5.77. The van der Waals surface area contributed by atoms with Gasteiger partial charge >= 0.3 is 0 Å². The first-order valence-corrected chi connectivity index (χ1v) is 11.3. The fraction of sp³-hybridized carbons (Fsp3) is 0.400. The van der Waals surface area contributed by atoms with Crippen LogP contribution in [0.15, 0.2) is 18.2 Å². The van der Waals surface area contributed by atoms with Crippen molar-refractivity contribution in [1.29, 1.82) is 10.5 Å². The molecule has 3 heterocycles. The van der Waals surface area contributed by atoms with Crippen molar-refractivity contribution in [3.8, 4) is 23.8 Å². The molecule has 33 heavy (non-hydrogen) atoms. The quantitative estimate of drug-likeness (QED) is 0.582. The summed E-state index contributed by atoms with van der Waals surface area (Å²) in [5, 5.41) is 27.2. The predicted octanol–water partition coefficient (Wildman–Crippen LogP) is 4.58. The molecule has 8 heteroatoms. The first kappa shape index (κ1) is 19.8. The number of hydrogen-bond donors (Lipinski definition) is 1. The summed E-state index contributed by atoms with van der Waals surface area (Å²) in [5.74, 6) is 1.77. The van der Waals surface area contributed by atoms with E-state index in [9.17, 15) is 5.26 Å². The first-order chi connectivity index (χ1) is 15.9. The van der Waals surface area contributed by atoms with Gasteiger partial charge in [-0.15, -0.1) is 0 Å². The molecule has 1 aromatic carbocycles. The van der Waals surface area contributed by atoms with Gasteiger partial charge in [-0.05, 0) is 80.9 Å². The van der Waals surface area contributed by atoms with Crippen LogP contribution in [0.1, 0.15) is 48.1 Å². The van der Waals surface area contributed by atoms with E-state index in [2.05, 4.69) is 11.4 Å². The van der Waals surface area contributed by atoms with Gasteiger partial charge in [0.15, 0.2) is 5.65 Å². The van der Waals surface area contributed by atoms with E-state index in [-0.39, 0.29) is 11.0 Å². The van der Waals surface area contributed by atoms with Crippen LogP contribution in [0.2, 0.25) is 0 Å². The Morgan fingerprint density at radius 3 is 2.61 bits per heavy atom. The van der Waals surface area contributed by atoms with Crippen LogP contribution in [0.4, 0.5) is 5.95 Å². The van der Waals surface area contributed by atoms with Gasteiger partial charge in [0.25, 0.3) is 0 Å². The number of fused-ring (bicyclic) bond motifs is 3. The van der Waals surface area contributed by atoms with Crippen LogP contribution >= 0.6 is 0 Å². The average molecular weight is 438 g/mol. The third-order valence-electron chi connectivity index (χ3n) is 7.13. The van der Waals surface area contributed by atoms with Crippen LogP contribution in [-0.4, -0.2) is 25.3 Å². The number of rotatable bonds is 5. The molecule has 0 saturated heterocycles. The molecular weight excluding hydrogens is 414 g/mol. The molecule has 0 atom stereocenters. The van der Waals surface area contributed by atoms with Gasteiger partial charge in [-0.25, -0.2) is 0 Å². The fourth-order valence-corrected chi connectivity index (χ4v) is 5.77. The maximum atomic E-state index is 9.34. The Bertz CT molecular complexity index is 1390. The third kappa shape index (κ3) is 2.98. The maximum Gasteiger partial charge on any atom is 0.235 e. The Morgan fingerprint density at radius 1 is 1.15 bits per heavy atom. The van der Waals surface area contributed by atoms with Gasteiger partial charge in [0, 0.05) is 18.2 Å². The molecule has 1 aliphatic heterocycles. The zero-order chi connectivity index (χ0) is 22.8. The van der Waals surface area contributed by atoms with Gasteiger partial charge in [-0.1, -0.05) is 0 Å². The molecule has 0 amide bonds. The lowest BCUT2D eigenvalue weighted by Gasteiger charge is -2.66. The van der Waals surface area contributed by atoms with Crippen LogP contribution in [0.5, 0.6) is 11.6 Å². The van der Waals surface area contributed by atoms with E-state index >= 15 is 0 Å². The maximum absolute atomic E-state index is 9.34. The number of nitrogens with zero attached hydrogens (tertiary/aromatic N) is 6. The summed E-state index contributed by atoms with van der Waals surface area (Å²) in [5.41, 5.74) is 4.41. The molecule has 3 fully saturated rings. The van der Waals surface area contributed by atoms with Crippen molar-refractivity contribution in [1.82, 2.24) is 19.7 Å². The van der Waals surface area contributed by atoms with Crippen molar-refractivity contribution in [2.24, 2.45) is 5.41 Å². The molecule has 1 N–H and O–H groups in total. The van der Waals surface area contributed by atoms with Crippen LogP contribution in [-0.2, 0) is 13.0 Å². The SMILES string of the molecule is Cc1cc(/C=C/C#N)cc(C)c1Oc1nc(NC23CC(C#N)(C2)C3)nc2nn3c(c12)CCC3. The molecule has 8 nitrogen and oxygen atoms in total. The van der Waals surface area contributed by atoms with E-state index in [0.29, 0.717) is 17.5 Å². The van der Waals surface area contributed by atoms with Crippen molar-refractivity contribution < 1.29 is 4.74 Å². The largest absolute Gasteiger partial charge is 0.437 e. The highest BCUT2D eigenvalue weighted by Gasteiger charge is 2.69. The molecule has 3 aliphatic carbocycles. The predicted molar refractivity (Wildman–Crippen MR) is 123 cm³/mol. The summed E-state index contributed by atoms with van der Waals surface area (Å²) < 4.78 is 8.48. The van der Waals surface area contributed by atoms with Gasteiger partial charge < -0.3 is 10.1 Å². The van der Waals surface area contributed by atoms with E-state index < -0.39 is 0 Å². The molecule has 3 saturated carbocycles. The van der Waals surface area contributed by atoms with Crippen LogP contribution in [0, 0.1) is 41.9 Å². The van der Waals surface area contributed by atoms with Crippen molar-refractivity contribution in [2.75, 3.05) is 5.32 Å². The second kappa shape index (κ2) is 6.79. The Kier molecular flexibility index (Phi) is 4.07. The molecule has 164 valence electrons. The third-order valence-corrected chi connectivity index (χ3v) is 7.13. The van der Waals surface area contributed by atoms with Crippen LogP contribution in [0.3, 0.4) is 0 Å². The summed E-state index contributed by atoms with van der Waals surface area (Å²) in [6.07, 6.45) is 7.74. The Hall–Kier alpha value is -3.91. The smallest absolute Gasteiger partial charge is 0.235 e. The highest BCUT2D eigenvalue weighted by molar-refractivity contribution is 5.85. The number of nitrogens with one attached hydrogen (secondary N) is 1. The van der Waals surface area contributed by atoms with Crippen molar-refractivity contribution >= 4 is 23.1 Å². The van der Waals surface area contributed by atoms with Crippen molar-refractivity contribution in [3.05, 3.63) is 40.6 Å². The number of aromatic nitrogens is 4. The van der Waals surface area contributed by atoms with Gasteiger partial charge in [-0.3, -0.25) is 4.68 Å². The van der Waals surface area contributed by atoms with Gasteiger partial charge in [0.1, 0.15) is 11.1 Å². The first-order valence-electron chi connectivity index (χ1n) is 11.3. The molecule has 0 spiro atoms. The van der Waals surface area contributed by atoms with E-state index in [1.54, 1.807) is 6.08 Å². The lowest BCUT2D eigenvalue weighted by Crippen LogP contribution is -2.70. The van der Waals surface area contributed by atoms with Crippen LogP contribution in [0.25, 0.3) is 17.1 Å². The average Bonchev–Trinajstić information content (AvgIpc) is 3.31. The van der Waals surface area contributed by atoms with E-state index in [1.807, 2.05) is 36.7 Å².